The smallest absolute Gasteiger partial charge is 0.167 e. The normalized spacial score (nSPS) is 10.5. The van der Waals surface area contributed by atoms with Crippen molar-refractivity contribution in [1.82, 2.24) is 4.98 Å². The van der Waals surface area contributed by atoms with Gasteiger partial charge in [-0.05, 0) is 24.3 Å². The molecule has 6 nitrogen and oxygen atoms in total. The third-order valence-electron chi connectivity index (χ3n) is 3.92. The van der Waals surface area contributed by atoms with Gasteiger partial charge < -0.3 is 24.3 Å². The van der Waals surface area contributed by atoms with Gasteiger partial charge in [0.05, 0.1) is 19.2 Å². The van der Waals surface area contributed by atoms with E-state index in [0.717, 1.165) is 6.29 Å². The predicted molar refractivity (Wildman–Crippen MR) is 100 cm³/mol. The molecule has 2 aromatic carbocycles. The number of methoxy groups -OCH3 is 1. The summed E-state index contributed by atoms with van der Waals surface area (Å²) in [5.41, 5.74) is 1.25. The standard InChI is InChI=1S/C20H19FN2O4/c1-22-13-4-5-18(15(21)10-13)27-17-6-7-23-16-12-20(26-9-3-8-24)19(25-2)11-14(16)17/h4-8,10-12,22H,3,9H2,1-2H3. The summed E-state index contributed by atoms with van der Waals surface area (Å²) in [4.78, 5) is 14.8. The second-order valence-electron chi connectivity index (χ2n) is 5.63. The summed E-state index contributed by atoms with van der Waals surface area (Å²) in [6.07, 6.45) is 2.63. The van der Waals surface area contributed by atoms with Gasteiger partial charge in [-0.1, -0.05) is 0 Å². The van der Waals surface area contributed by atoms with Crippen molar-refractivity contribution >= 4 is 22.9 Å². The molecule has 1 aromatic heterocycles. The first-order valence-electron chi connectivity index (χ1n) is 8.34. The fourth-order valence-corrected chi connectivity index (χ4v) is 2.56. The summed E-state index contributed by atoms with van der Waals surface area (Å²) in [5.74, 6) is 1.01. The van der Waals surface area contributed by atoms with Gasteiger partial charge in [-0.3, -0.25) is 4.98 Å². The maximum atomic E-state index is 14.3. The second kappa shape index (κ2) is 8.35. The van der Waals surface area contributed by atoms with E-state index < -0.39 is 5.82 Å². The lowest BCUT2D eigenvalue weighted by Gasteiger charge is -2.14. The lowest BCUT2D eigenvalue weighted by atomic mass is 10.1. The maximum absolute atomic E-state index is 14.3. The molecule has 140 valence electrons. The SMILES string of the molecule is CNc1ccc(Oc2ccnc3cc(OCCC=O)c(OC)cc23)c(F)c1. The number of ether oxygens (including phenoxy) is 3. The van der Waals surface area contributed by atoms with Gasteiger partial charge in [0.15, 0.2) is 23.1 Å². The number of nitrogens with zero attached hydrogens (tertiary/aromatic N) is 1. The molecular weight excluding hydrogens is 351 g/mol. The Morgan fingerprint density at radius 3 is 2.67 bits per heavy atom. The van der Waals surface area contributed by atoms with Gasteiger partial charge in [0.25, 0.3) is 0 Å². The molecule has 7 heteroatoms. The number of carbonyl (C=O) groups is 1. The van der Waals surface area contributed by atoms with Gasteiger partial charge in [0.2, 0.25) is 0 Å². The van der Waals surface area contributed by atoms with Crippen LogP contribution in [-0.4, -0.2) is 32.0 Å². The molecule has 0 radical (unpaired) electrons. The first kappa shape index (κ1) is 18.4. The molecule has 1 N–H and O–H groups in total. The third-order valence-corrected chi connectivity index (χ3v) is 3.92. The van der Waals surface area contributed by atoms with Crippen molar-refractivity contribution in [2.24, 2.45) is 0 Å². The minimum atomic E-state index is -0.479. The lowest BCUT2D eigenvalue weighted by Crippen LogP contribution is -2.00. The molecule has 0 spiro atoms. The zero-order chi connectivity index (χ0) is 19.2. The quantitative estimate of drug-likeness (QED) is 0.474. The van der Waals surface area contributed by atoms with E-state index in [-0.39, 0.29) is 18.8 Å². The molecule has 27 heavy (non-hydrogen) atoms. The van der Waals surface area contributed by atoms with E-state index in [1.54, 1.807) is 43.6 Å². The van der Waals surface area contributed by atoms with E-state index in [0.29, 0.717) is 33.8 Å². The van der Waals surface area contributed by atoms with Crippen molar-refractivity contribution in [2.75, 3.05) is 26.1 Å². The van der Waals surface area contributed by atoms with Gasteiger partial charge >= 0.3 is 0 Å². The van der Waals surface area contributed by atoms with Gasteiger partial charge in [0, 0.05) is 42.9 Å². The summed E-state index contributed by atoms with van der Waals surface area (Å²) in [5, 5.41) is 3.52. The van der Waals surface area contributed by atoms with Crippen molar-refractivity contribution in [1.29, 1.82) is 0 Å². The Hall–Kier alpha value is -3.35. The van der Waals surface area contributed by atoms with Crippen LogP contribution in [0.3, 0.4) is 0 Å². The van der Waals surface area contributed by atoms with E-state index in [9.17, 15) is 9.18 Å². The summed E-state index contributed by atoms with van der Waals surface area (Å²) >= 11 is 0. The lowest BCUT2D eigenvalue weighted by molar-refractivity contribution is -0.108. The Labute approximate surface area is 155 Å². The molecular formula is C20H19FN2O4. The number of carbonyl (C=O) groups excluding carboxylic acids is 1. The Kier molecular flexibility index (Phi) is 5.71. The number of hydrogen-bond acceptors (Lipinski definition) is 6. The largest absolute Gasteiger partial charge is 0.493 e. The molecule has 0 unspecified atom stereocenters. The zero-order valence-corrected chi connectivity index (χ0v) is 15.0. The van der Waals surface area contributed by atoms with Crippen LogP contribution in [0.4, 0.5) is 10.1 Å². The topological polar surface area (TPSA) is 69.7 Å². The van der Waals surface area contributed by atoms with Crippen molar-refractivity contribution in [2.45, 2.75) is 6.42 Å². The summed E-state index contributed by atoms with van der Waals surface area (Å²) in [7, 11) is 3.23. The number of fused-ring (bicyclic) bond motifs is 1. The van der Waals surface area contributed by atoms with Crippen LogP contribution in [0.2, 0.25) is 0 Å². The second-order valence-corrected chi connectivity index (χ2v) is 5.63. The van der Waals surface area contributed by atoms with Gasteiger partial charge in [0.1, 0.15) is 12.0 Å². The van der Waals surface area contributed by atoms with E-state index in [4.69, 9.17) is 14.2 Å². The number of nitrogens with one attached hydrogen (secondary N) is 1. The first-order valence-corrected chi connectivity index (χ1v) is 8.34. The molecule has 3 rings (SSSR count). The third kappa shape index (κ3) is 4.08. The number of anilines is 1. The van der Waals surface area contributed by atoms with Crippen LogP contribution in [0.25, 0.3) is 10.9 Å². The van der Waals surface area contributed by atoms with Crippen LogP contribution in [-0.2, 0) is 4.79 Å². The number of aromatic nitrogens is 1. The molecule has 0 aliphatic rings. The highest BCUT2D eigenvalue weighted by atomic mass is 19.1. The molecule has 0 saturated carbocycles. The van der Waals surface area contributed by atoms with Crippen molar-refractivity contribution in [3.63, 3.8) is 0 Å². The minimum Gasteiger partial charge on any atom is -0.493 e. The number of pyridine rings is 1. The van der Waals surface area contributed by atoms with E-state index in [1.165, 1.54) is 13.2 Å². The van der Waals surface area contributed by atoms with E-state index in [2.05, 4.69) is 10.3 Å². The van der Waals surface area contributed by atoms with Crippen LogP contribution >= 0.6 is 0 Å². The Bertz CT molecular complexity index is 962. The minimum absolute atomic E-state index is 0.103. The molecule has 0 atom stereocenters. The highest BCUT2D eigenvalue weighted by Crippen LogP contribution is 2.37. The first-order chi connectivity index (χ1) is 13.2. The Balaban J connectivity index is 1.97. The molecule has 0 aliphatic heterocycles. The average molecular weight is 370 g/mol. The highest BCUT2D eigenvalue weighted by molar-refractivity contribution is 5.88. The monoisotopic (exact) mass is 370 g/mol. The Morgan fingerprint density at radius 2 is 1.96 bits per heavy atom. The van der Waals surface area contributed by atoms with Crippen LogP contribution in [0.5, 0.6) is 23.0 Å². The van der Waals surface area contributed by atoms with Gasteiger partial charge in [-0.2, -0.15) is 0 Å². The van der Waals surface area contributed by atoms with Crippen LogP contribution in [0.1, 0.15) is 6.42 Å². The summed E-state index contributed by atoms with van der Waals surface area (Å²) in [6.45, 7) is 0.241. The van der Waals surface area contributed by atoms with Crippen molar-refractivity contribution in [3.05, 3.63) is 48.4 Å². The number of hydrogen-bond donors (Lipinski definition) is 1. The molecule has 0 bridgehead atoms. The fraction of sp³-hybridized carbons (Fsp3) is 0.200. The maximum Gasteiger partial charge on any atom is 0.167 e. The molecule has 1 heterocycles. The van der Waals surface area contributed by atoms with Crippen molar-refractivity contribution < 1.29 is 23.4 Å². The number of aldehydes is 1. The molecule has 0 saturated heterocycles. The molecule has 0 amide bonds. The summed E-state index contributed by atoms with van der Waals surface area (Å²) in [6, 6.07) is 9.71. The van der Waals surface area contributed by atoms with Gasteiger partial charge in [-0.25, -0.2) is 4.39 Å². The highest BCUT2D eigenvalue weighted by Gasteiger charge is 2.13. The average Bonchev–Trinajstić information content (AvgIpc) is 2.69. The number of rotatable bonds is 8. The van der Waals surface area contributed by atoms with Gasteiger partial charge in [-0.15, -0.1) is 0 Å². The van der Waals surface area contributed by atoms with E-state index >= 15 is 0 Å². The van der Waals surface area contributed by atoms with E-state index in [1.807, 2.05) is 0 Å². The molecule has 0 fully saturated rings. The predicted octanol–water partition coefficient (Wildman–Crippen LogP) is 4.18. The zero-order valence-electron chi connectivity index (χ0n) is 15.0. The van der Waals surface area contributed by atoms with Crippen LogP contribution < -0.4 is 19.5 Å². The molecule has 0 aliphatic carbocycles. The van der Waals surface area contributed by atoms with Crippen LogP contribution in [0.15, 0.2) is 42.6 Å². The number of halogens is 1. The van der Waals surface area contributed by atoms with Crippen LogP contribution in [0, 0.1) is 5.82 Å². The van der Waals surface area contributed by atoms with Crippen molar-refractivity contribution in [3.8, 4) is 23.0 Å². The summed E-state index contributed by atoms with van der Waals surface area (Å²) < 4.78 is 31.0. The number of benzene rings is 2. The fourth-order valence-electron chi connectivity index (χ4n) is 2.56. The Morgan fingerprint density at radius 1 is 1.11 bits per heavy atom. The molecule has 3 aromatic rings.